The second-order valence-electron chi connectivity index (χ2n) is 9.07. The fourth-order valence-corrected chi connectivity index (χ4v) is 6.44. The minimum atomic E-state index is 0.0823. The minimum absolute atomic E-state index is 0.0823. The third-order valence-corrected chi connectivity index (χ3v) is 8.11. The summed E-state index contributed by atoms with van der Waals surface area (Å²) in [4.78, 5) is 20.2. The first-order chi connectivity index (χ1) is 15.2. The van der Waals surface area contributed by atoms with Crippen molar-refractivity contribution in [3.8, 4) is 5.75 Å². The Bertz CT molecular complexity index is 1110. The van der Waals surface area contributed by atoms with Crippen LogP contribution in [0, 0.1) is 5.92 Å². The summed E-state index contributed by atoms with van der Waals surface area (Å²) in [7, 11) is 1.66. The lowest BCUT2D eigenvalue weighted by atomic mass is 9.88. The molecule has 2 aliphatic carbocycles. The molecule has 0 spiro atoms. The molecule has 164 valence electrons. The molecule has 1 aromatic carbocycles. The van der Waals surface area contributed by atoms with E-state index < -0.39 is 0 Å². The lowest BCUT2D eigenvalue weighted by Gasteiger charge is -2.27. The number of aromatic nitrogens is 2. The van der Waals surface area contributed by atoms with E-state index in [2.05, 4.69) is 10.3 Å². The van der Waals surface area contributed by atoms with Crippen LogP contribution in [0.5, 0.6) is 5.75 Å². The van der Waals surface area contributed by atoms with E-state index >= 15 is 0 Å². The number of hydrogen-bond acceptors (Lipinski definition) is 5. The zero-order valence-electron chi connectivity index (χ0n) is 18.2. The van der Waals surface area contributed by atoms with Gasteiger partial charge in [-0.1, -0.05) is 31.4 Å². The Morgan fingerprint density at radius 1 is 1.23 bits per heavy atom. The van der Waals surface area contributed by atoms with Crippen molar-refractivity contribution in [2.45, 2.75) is 64.0 Å². The van der Waals surface area contributed by atoms with Gasteiger partial charge in [0, 0.05) is 10.9 Å². The van der Waals surface area contributed by atoms with Gasteiger partial charge in [0.25, 0.3) is 5.56 Å². The molecule has 0 saturated heterocycles. The van der Waals surface area contributed by atoms with E-state index in [1.165, 1.54) is 42.5 Å². The predicted octanol–water partition coefficient (Wildman–Crippen LogP) is 4.54. The molecule has 5 rings (SSSR count). The van der Waals surface area contributed by atoms with Gasteiger partial charge in [-0.3, -0.25) is 9.36 Å². The normalized spacial score (nSPS) is 19.5. The minimum Gasteiger partial charge on any atom is -0.497 e. The largest absolute Gasteiger partial charge is 0.497 e. The van der Waals surface area contributed by atoms with Gasteiger partial charge < -0.3 is 10.1 Å². The molecule has 0 aliphatic heterocycles. The summed E-state index contributed by atoms with van der Waals surface area (Å²) in [5.41, 5.74) is 2.37. The summed E-state index contributed by atoms with van der Waals surface area (Å²) in [5.74, 6) is 1.65. The average molecular weight is 438 g/mol. The van der Waals surface area contributed by atoms with Crippen molar-refractivity contribution in [1.82, 2.24) is 14.9 Å². The number of nitrogens with zero attached hydrogens (tertiary/aromatic N) is 2. The molecule has 31 heavy (non-hydrogen) atoms. The number of aryl methyl sites for hydroxylation is 1. The standard InChI is InChI=1S/C25H31N3O2S/c1-30-20-9-5-8-18(12-20)15-28-16-27-24-23(25(28)29)21-11-10-19(13-22(21)31-24)26-14-17-6-3-2-4-7-17/h5,8-9,12,16-17,19,26H,2-4,6-7,10-11,13-15H2,1H3. The van der Waals surface area contributed by atoms with Crippen LogP contribution >= 0.6 is 11.3 Å². The molecule has 2 aliphatic rings. The number of hydrogen-bond donors (Lipinski definition) is 1. The van der Waals surface area contributed by atoms with Crippen LogP contribution < -0.4 is 15.6 Å². The van der Waals surface area contributed by atoms with Crippen molar-refractivity contribution in [3.05, 3.63) is 57.0 Å². The highest BCUT2D eigenvalue weighted by molar-refractivity contribution is 7.18. The maximum atomic E-state index is 13.3. The molecule has 1 atom stereocenters. The highest BCUT2D eigenvalue weighted by atomic mass is 32.1. The van der Waals surface area contributed by atoms with Crippen LogP contribution in [0.25, 0.3) is 10.2 Å². The second kappa shape index (κ2) is 9.13. The summed E-state index contributed by atoms with van der Waals surface area (Å²) in [5, 5.41) is 4.68. The van der Waals surface area contributed by atoms with Crippen LogP contribution in [-0.2, 0) is 19.4 Å². The second-order valence-corrected chi connectivity index (χ2v) is 10.1. The van der Waals surface area contributed by atoms with E-state index in [1.54, 1.807) is 29.3 Å². The Balaban J connectivity index is 1.34. The Labute approximate surface area is 187 Å². The van der Waals surface area contributed by atoms with Gasteiger partial charge in [-0.25, -0.2) is 4.98 Å². The van der Waals surface area contributed by atoms with E-state index in [4.69, 9.17) is 4.74 Å². The maximum Gasteiger partial charge on any atom is 0.262 e. The van der Waals surface area contributed by atoms with Crippen molar-refractivity contribution in [1.29, 1.82) is 0 Å². The molecule has 0 bridgehead atoms. The maximum absolute atomic E-state index is 13.3. The van der Waals surface area contributed by atoms with Gasteiger partial charge in [0.2, 0.25) is 0 Å². The molecular weight excluding hydrogens is 406 g/mol. The monoisotopic (exact) mass is 437 g/mol. The van der Waals surface area contributed by atoms with Crippen molar-refractivity contribution < 1.29 is 4.74 Å². The van der Waals surface area contributed by atoms with Crippen LogP contribution in [0.15, 0.2) is 35.4 Å². The lowest BCUT2D eigenvalue weighted by Crippen LogP contribution is -2.37. The van der Waals surface area contributed by atoms with Crippen molar-refractivity contribution >= 4 is 21.6 Å². The zero-order valence-corrected chi connectivity index (χ0v) is 19.0. The first-order valence-electron chi connectivity index (χ1n) is 11.6. The third-order valence-electron chi connectivity index (χ3n) is 6.94. The molecule has 3 aromatic rings. The van der Waals surface area contributed by atoms with Gasteiger partial charge in [0.15, 0.2) is 0 Å². The number of fused-ring (bicyclic) bond motifs is 3. The molecule has 5 nitrogen and oxygen atoms in total. The molecular formula is C25H31N3O2S. The lowest BCUT2D eigenvalue weighted by molar-refractivity contribution is 0.319. The third kappa shape index (κ3) is 4.41. The molecule has 6 heteroatoms. The molecule has 0 radical (unpaired) electrons. The predicted molar refractivity (Wildman–Crippen MR) is 126 cm³/mol. The highest BCUT2D eigenvalue weighted by Gasteiger charge is 2.26. The van der Waals surface area contributed by atoms with Crippen molar-refractivity contribution in [2.75, 3.05) is 13.7 Å². The SMILES string of the molecule is COc1cccc(Cn2cnc3sc4c(c3c2=O)CCC(NCC2CCCCC2)C4)c1. The fraction of sp³-hybridized carbons (Fsp3) is 0.520. The molecule has 2 aromatic heterocycles. The molecule has 1 unspecified atom stereocenters. The number of rotatable bonds is 6. The van der Waals surface area contributed by atoms with E-state index in [0.29, 0.717) is 12.6 Å². The molecule has 0 amide bonds. The van der Waals surface area contributed by atoms with Crippen LogP contribution in [0.1, 0.15) is 54.5 Å². The van der Waals surface area contributed by atoms with E-state index in [0.717, 1.165) is 53.3 Å². The summed E-state index contributed by atoms with van der Waals surface area (Å²) < 4.78 is 7.05. The number of ether oxygens (including phenoxy) is 1. The van der Waals surface area contributed by atoms with Gasteiger partial charge in [-0.05, 0) is 67.8 Å². The van der Waals surface area contributed by atoms with E-state index in [1.807, 2.05) is 24.3 Å². The van der Waals surface area contributed by atoms with Crippen LogP contribution in [0.3, 0.4) is 0 Å². The van der Waals surface area contributed by atoms with Crippen LogP contribution in [-0.4, -0.2) is 29.2 Å². The molecule has 1 saturated carbocycles. The Kier molecular flexibility index (Phi) is 6.10. The van der Waals surface area contributed by atoms with Gasteiger partial charge in [-0.15, -0.1) is 11.3 Å². The first-order valence-corrected chi connectivity index (χ1v) is 12.4. The first kappa shape index (κ1) is 20.7. The van der Waals surface area contributed by atoms with Crippen LogP contribution in [0.4, 0.5) is 0 Å². The molecule has 1 fully saturated rings. The van der Waals surface area contributed by atoms with Crippen LogP contribution in [0.2, 0.25) is 0 Å². The molecule has 2 heterocycles. The summed E-state index contributed by atoms with van der Waals surface area (Å²) in [6, 6.07) is 8.40. The smallest absolute Gasteiger partial charge is 0.262 e. The zero-order chi connectivity index (χ0) is 21.2. The Morgan fingerprint density at radius 3 is 2.94 bits per heavy atom. The Hall–Kier alpha value is -2.18. The topological polar surface area (TPSA) is 56.2 Å². The van der Waals surface area contributed by atoms with E-state index in [9.17, 15) is 4.79 Å². The number of benzene rings is 1. The average Bonchev–Trinajstić information content (AvgIpc) is 3.19. The number of methoxy groups -OCH3 is 1. The summed E-state index contributed by atoms with van der Waals surface area (Å²) >= 11 is 1.72. The fourth-order valence-electron chi connectivity index (χ4n) is 5.18. The number of thiophene rings is 1. The summed E-state index contributed by atoms with van der Waals surface area (Å²) in [6.07, 6.45) is 11.8. The van der Waals surface area contributed by atoms with Gasteiger partial charge in [-0.2, -0.15) is 0 Å². The molecule has 1 N–H and O–H groups in total. The van der Waals surface area contributed by atoms with Crippen molar-refractivity contribution in [2.24, 2.45) is 5.92 Å². The van der Waals surface area contributed by atoms with E-state index in [-0.39, 0.29) is 5.56 Å². The van der Waals surface area contributed by atoms with Crippen molar-refractivity contribution in [3.63, 3.8) is 0 Å². The number of nitrogens with one attached hydrogen (secondary N) is 1. The van der Waals surface area contributed by atoms with Gasteiger partial charge in [0.05, 0.1) is 25.4 Å². The van der Waals surface area contributed by atoms with Gasteiger partial charge >= 0.3 is 0 Å². The highest BCUT2D eigenvalue weighted by Crippen LogP contribution is 2.34. The summed E-state index contributed by atoms with van der Waals surface area (Å²) in [6.45, 7) is 1.66. The Morgan fingerprint density at radius 2 is 2.10 bits per heavy atom. The van der Waals surface area contributed by atoms with Gasteiger partial charge in [0.1, 0.15) is 10.6 Å². The quantitative estimate of drug-likeness (QED) is 0.615.